The summed E-state index contributed by atoms with van der Waals surface area (Å²) in [6.45, 7) is 4.49. The summed E-state index contributed by atoms with van der Waals surface area (Å²) in [6.07, 6.45) is 3.56. The Balaban J connectivity index is 1.97. The van der Waals surface area contributed by atoms with Gasteiger partial charge in [-0.15, -0.1) is 0 Å². The molecule has 118 valence electrons. The lowest BCUT2D eigenvalue weighted by molar-refractivity contribution is 0.208. The van der Waals surface area contributed by atoms with Crippen LogP contribution >= 0.6 is 0 Å². The SMILES string of the molecule is CC(Nc1cccc(NS(C)(=O)=O)c1)C1CCN(C)CC1. The Morgan fingerprint density at radius 2 is 1.86 bits per heavy atom. The smallest absolute Gasteiger partial charge is 0.229 e. The van der Waals surface area contributed by atoms with E-state index < -0.39 is 10.0 Å². The third-order valence-corrected chi connectivity index (χ3v) is 4.64. The predicted molar refractivity (Wildman–Crippen MR) is 88.2 cm³/mol. The molecule has 0 spiro atoms. The largest absolute Gasteiger partial charge is 0.382 e. The van der Waals surface area contributed by atoms with E-state index in [2.05, 4.69) is 28.9 Å². The maximum absolute atomic E-state index is 11.3. The maximum Gasteiger partial charge on any atom is 0.229 e. The molecule has 1 unspecified atom stereocenters. The first-order chi connectivity index (χ1) is 9.83. The van der Waals surface area contributed by atoms with Crippen LogP contribution in [0.25, 0.3) is 0 Å². The second-order valence-electron chi connectivity index (χ2n) is 6.03. The first kappa shape index (κ1) is 16.1. The van der Waals surface area contributed by atoms with Crippen LogP contribution in [0.2, 0.25) is 0 Å². The molecule has 21 heavy (non-hydrogen) atoms. The molecular formula is C15H25N3O2S. The van der Waals surface area contributed by atoms with Crippen LogP contribution < -0.4 is 10.0 Å². The number of anilines is 2. The van der Waals surface area contributed by atoms with Crippen LogP contribution in [-0.4, -0.2) is 45.8 Å². The molecule has 1 aromatic rings. The third-order valence-electron chi connectivity index (χ3n) is 4.03. The number of benzene rings is 1. The molecule has 2 N–H and O–H groups in total. The van der Waals surface area contributed by atoms with Crippen LogP contribution in [0.4, 0.5) is 11.4 Å². The molecule has 2 rings (SSSR count). The summed E-state index contributed by atoms with van der Waals surface area (Å²) in [7, 11) is -1.07. The maximum atomic E-state index is 11.3. The quantitative estimate of drug-likeness (QED) is 0.875. The molecule has 0 saturated carbocycles. The Labute approximate surface area is 127 Å². The fourth-order valence-corrected chi connectivity index (χ4v) is 3.35. The van der Waals surface area contributed by atoms with E-state index in [0.29, 0.717) is 17.6 Å². The van der Waals surface area contributed by atoms with Crippen molar-refractivity contribution in [2.24, 2.45) is 5.92 Å². The van der Waals surface area contributed by atoms with Crippen LogP contribution in [0.1, 0.15) is 19.8 Å². The number of nitrogens with zero attached hydrogens (tertiary/aromatic N) is 1. The van der Waals surface area contributed by atoms with E-state index in [1.54, 1.807) is 6.07 Å². The summed E-state index contributed by atoms with van der Waals surface area (Å²) in [4.78, 5) is 2.36. The molecule has 1 atom stereocenters. The van der Waals surface area contributed by atoms with Crippen LogP contribution in [0.3, 0.4) is 0 Å². The zero-order chi connectivity index (χ0) is 15.5. The molecule has 5 nitrogen and oxygen atoms in total. The van der Waals surface area contributed by atoms with Gasteiger partial charge in [-0.25, -0.2) is 8.42 Å². The van der Waals surface area contributed by atoms with E-state index in [1.165, 1.54) is 12.8 Å². The highest BCUT2D eigenvalue weighted by Crippen LogP contribution is 2.24. The van der Waals surface area contributed by atoms with E-state index in [4.69, 9.17) is 0 Å². The molecule has 1 fully saturated rings. The molecule has 0 radical (unpaired) electrons. The van der Waals surface area contributed by atoms with E-state index in [-0.39, 0.29) is 0 Å². The van der Waals surface area contributed by atoms with Crippen LogP contribution in [0.5, 0.6) is 0 Å². The summed E-state index contributed by atoms with van der Waals surface area (Å²) in [6, 6.07) is 7.81. The van der Waals surface area contributed by atoms with Gasteiger partial charge in [0, 0.05) is 11.7 Å². The van der Waals surface area contributed by atoms with Crippen molar-refractivity contribution >= 4 is 21.4 Å². The Morgan fingerprint density at radius 1 is 1.24 bits per heavy atom. The van der Waals surface area contributed by atoms with Crippen molar-refractivity contribution in [2.45, 2.75) is 25.8 Å². The molecule has 1 heterocycles. The Bertz CT molecular complexity index is 566. The van der Waals surface area contributed by atoms with Gasteiger partial charge < -0.3 is 10.2 Å². The van der Waals surface area contributed by atoms with Gasteiger partial charge in [0.25, 0.3) is 0 Å². The minimum Gasteiger partial charge on any atom is -0.382 e. The minimum absolute atomic E-state index is 0.382. The normalized spacial score (nSPS) is 19.2. The highest BCUT2D eigenvalue weighted by molar-refractivity contribution is 7.92. The van der Waals surface area contributed by atoms with Crippen molar-refractivity contribution in [1.82, 2.24) is 4.90 Å². The first-order valence-electron chi connectivity index (χ1n) is 7.36. The summed E-state index contributed by atoms with van der Waals surface area (Å²) < 4.78 is 25.1. The molecule has 1 aliphatic rings. The summed E-state index contributed by atoms with van der Waals surface area (Å²) >= 11 is 0. The first-order valence-corrected chi connectivity index (χ1v) is 9.25. The van der Waals surface area contributed by atoms with E-state index in [9.17, 15) is 8.42 Å². The van der Waals surface area contributed by atoms with E-state index in [0.717, 1.165) is 25.0 Å². The molecule has 0 amide bonds. The van der Waals surface area contributed by atoms with Crippen molar-refractivity contribution in [1.29, 1.82) is 0 Å². The van der Waals surface area contributed by atoms with Crippen molar-refractivity contribution in [2.75, 3.05) is 36.4 Å². The second-order valence-corrected chi connectivity index (χ2v) is 7.78. The fraction of sp³-hybridized carbons (Fsp3) is 0.600. The van der Waals surface area contributed by atoms with Crippen molar-refractivity contribution in [3.05, 3.63) is 24.3 Å². The Hall–Kier alpha value is -1.27. The Morgan fingerprint density at radius 3 is 2.48 bits per heavy atom. The molecule has 1 aromatic carbocycles. The lowest BCUT2D eigenvalue weighted by Crippen LogP contribution is -2.37. The summed E-state index contributed by atoms with van der Waals surface area (Å²) in [5.74, 6) is 0.660. The number of piperidine rings is 1. The van der Waals surface area contributed by atoms with Gasteiger partial charge in [0.1, 0.15) is 0 Å². The van der Waals surface area contributed by atoms with Gasteiger partial charge in [0.2, 0.25) is 10.0 Å². The highest BCUT2D eigenvalue weighted by atomic mass is 32.2. The monoisotopic (exact) mass is 311 g/mol. The second kappa shape index (κ2) is 6.66. The molecule has 1 saturated heterocycles. The topological polar surface area (TPSA) is 61.4 Å². The fourth-order valence-electron chi connectivity index (χ4n) is 2.80. The summed E-state index contributed by atoms with van der Waals surface area (Å²) in [5.41, 5.74) is 1.55. The number of rotatable bonds is 5. The van der Waals surface area contributed by atoms with Gasteiger partial charge >= 0.3 is 0 Å². The van der Waals surface area contributed by atoms with Gasteiger partial charge in [0.15, 0.2) is 0 Å². The number of nitrogens with one attached hydrogen (secondary N) is 2. The van der Waals surface area contributed by atoms with Gasteiger partial charge in [-0.05, 0) is 64.0 Å². The van der Waals surface area contributed by atoms with Gasteiger partial charge in [0.05, 0.1) is 11.9 Å². The van der Waals surface area contributed by atoms with Crippen molar-refractivity contribution in [3.8, 4) is 0 Å². The van der Waals surface area contributed by atoms with E-state index >= 15 is 0 Å². The zero-order valence-electron chi connectivity index (χ0n) is 13.0. The minimum atomic E-state index is -3.23. The lowest BCUT2D eigenvalue weighted by Gasteiger charge is -2.33. The highest BCUT2D eigenvalue weighted by Gasteiger charge is 2.22. The number of hydrogen-bond donors (Lipinski definition) is 2. The molecule has 1 aliphatic heterocycles. The van der Waals surface area contributed by atoms with Gasteiger partial charge in [-0.3, -0.25) is 4.72 Å². The number of sulfonamides is 1. The molecule has 0 aromatic heterocycles. The number of likely N-dealkylation sites (tertiary alicyclic amines) is 1. The number of hydrogen-bond acceptors (Lipinski definition) is 4. The lowest BCUT2D eigenvalue weighted by atomic mass is 9.90. The third kappa shape index (κ3) is 5.21. The van der Waals surface area contributed by atoms with Crippen molar-refractivity contribution in [3.63, 3.8) is 0 Å². The van der Waals surface area contributed by atoms with Gasteiger partial charge in [-0.1, -0.05) is 6.07 Å². The van der Waals surface area contributed by atoms with Crippen LogP contribution in [0.15, 0.2) is 24.3 Å². The van der Waals surface area contributed by atoms with Crippen molar-refractivity contribution < 1.29 is 8.42 Å². The molecule has 0 aliphatic carbocycles. The molecule has 6 heteroatoms. The standard InChI is InChI=1S/C15H25N3O2S/c1-12(13-7-9-18(2)10-8-13)16-14-5-4-6-15(11-14)17-21(3,19)20/h4-6,11-13,16-17H,7-10H2,1-3H3. The average molecular weight is 311 g/mol. The average Bonchev–Trinajstić information content (AvgIpc) is 2.37. The molecule has 0 bridgehead atoms. The van der Waals surface area contributed by atoms with Crippen LogP contribution in [-0.2, 0) is 10.0 Å². The predicted octanol–water partition coefficient (Wildman–Crippen LogP) is 2.20. The van der Waals surface area contributed by atoms with Crippen LogP contribution in [0, 0.1) is 5.92 Å². The summed E-state index contributed by atoms with van der Waals surface area (Å²) in [5, 5.41) is 3.50. The molecular weight excluding hydrogens is 286 g/mol. The Kier molecular flexibility index (Phi) is 5.11. The van der Waals surface area contributed by atoms with Gasteiger partial charge in [-0.2, -0.15) is 0 Å². The van der Waals surface area contributed by atoms with E-state index in [1.807, 2.05) is 18.2 Å². The zero-order valence-corrected chi connectivity index (χ0v) is 13.8.